The van der Waals surface area contributed by atoms with Crippen molar-refractivity contribution in [3.8, 4) is 0 Å². The molecule has 0 fully saturated rings. The third-order valence-corrected chi connectivity index (χ3v) is 3.74. The zero-order valence-electron chi connectivity index (χ0n) is 14.6. The van der Waals surface area contributed by atoms with E-state index in [9.17, 15) is 27.6 Å². The van der Waals surface area contributed by atoms with E-state index in [-0.39, 0.29) is 11.5 Å². The van der Waals surface area contributed by atoms with Crippen LogP contribution in [0.5, 0.6) is 0 Å². The lowest BCUT2D eigenvalue weighted by Crippen LogP contribution is -2.47. The maximum absolute atomic E-state index is 12.6. The highest BCUT2D eigenvalue weighted by atomic mass is 19.4. The van der Waals surface area contributed by atoms with Crippen molar-refractivity contribution >= 4 is 17.8 Å². The van der Waals surface area contributed by atoms with E-state index >= 15 is 0 Å². The molecule has 144 valence electrons. The molecule has 1 N–H and O–H groups in total. The number of carbonyl (C=O) groups excluding carboxylic acids is 3. The number of carbonyl (C=O) groups is 3. The van der Waals surface area contributed by atoms with Crippen molar-refractivity contribution in [2.45, 2.75) is 32.5 Å². The van der Waals surface area contributed by atoms with Crippen molar-refractivity contribution in [2.24, 2.45) is 5.92 Å². The molecule has 2 atom stereocenters. The molecular formula is C17H20F3NO5. The molecule has 0 saturated carbocycles. The van der Waals surface area contributed by atoms with E-state index in [0.717, 1.165) is 18.2 Å². The first-order chi connectivity index (χ1) is 12.1. The predicted octanol–water partition coefficient (Wildman–Crippen LogP) is 2.57. The summed E-state index contributed by atoms with van der Waals surface area (Å²) >= 11 is 0. The van der Waals surface area contributed by atoms with Crippen LogP contribution >= 0.6 is 0 Å². The summed E-state index contributed by atoms with van der Waals surface area (Å²) in [7, 11) is 1.18. The molecular weight excluding hydrogens is 355 g/mol. The average Bonchev–Trinajstić information content (AvgIpc) is 2.62. The molecule has 1 amide bonds. The van der Waals surface area contributed by atoms with Gasteiger partial charge in [-0.3, -0.25) is 4.79 Å². The summed E-state index contributed by atoms with van der Waals surface area (Å²) in [6.07, 6.45) is -4.01. The van der Waals surface area contributed by atoms with Gasteiger partial charge >= 0.3 is 18.1 Å². The van der Waals surface area contributed by atoms with Gasteiger partial charge in [-0.2, -0.15) is 13.2 Å². The van der Waals surface area contributed by atoms with Gasteiger partial charge in [0.15, 0.2) is 6.61 Å². The van der Waals surface area contributed by atoms with E-state index in [1.165, 1.54) is 7.11 Å². The van der Waals surface area contributed by atoms with Gasteiger partial charge in [-0.25, -0.2) is 9.59 Å². The molecule has 1 aromatic rings. The number of hydrogen-bond donors (Lipinski definition) is 1. The molecule has 26 heavy (non-hydrogen) atoms. The maximum atomic E-state index is 12.6. The van der Waals surface area contributed by atoms with E-state index in [2.05, 4.69) is 10.1 Å². The van der Waals surface area contributed by atoms with Crippen molar-refractivity contribution in [3.05, 3.63) is 35.4 Å². The van der Waals surface area contributed by atoms with E-state index in [4.69, 9.17) is 4.74 Å². The molecule has 0 aromatic heterocycles. The van der Waals surface area contributed by atoms with Crippen LogP contribution in [0.1, 0.15) is 36.2 Å². The molecule has 0 spiro atoms. The first-order valence-electron chi connectivity index (χ1n) is 7.81. The number of esters is 2. The summed E-state index contributed by atoms with van der Waals surface area (Å²) in [4.78, 5) is 35.4. The molecule has 6 nitrogen and oxygen atoms in total. The van der Waals surface area contributed by atoms with Gasteiger partial charge in [-0.1, -0.05) is 26.3 Å². The molecule has 1 rings (SSSR count). The fourth-order valence-corrected chi connectivity index (χ4v) is 2.05. The van der Waals surface area contributed by atoms with Gasteiger partial charge < -0.3 is 14.8 Å². The second kappa shape index (κ2) is 9.21. The quantitative estimate of drug-likeness (QED) is 0.741. The molecule has 0 radical (unpaired) electrons. The van der Waals surface area contributed by atoms with Crippen LogP contribution in [-0.2, 0) is 25.2 Å². The van der Waals surface area contributed by atoms with Gasteiger partial charge in [-0.15, -0.1) is 0 Å². The lowest BCUT2D eigenvalue weighted by molar-refractivity contribution is -0.147. The van der Waals surface area contributed by atoms with Crippen molar-refractivity contribution in [1.82, 2.24) is 5.32 Å². The minimum atomic E-state index is -4.60. The lowest BCUT2D eigenvalue weighted by atomic mass is 9.99. The average molecular weight is 375 g/mol. The van der Waals surface area contributed by atoms with Gasteiger partial charge in [0.2, 0.25) is 0 Å². The Morgan fingerprint density at radius 3 is 2.42 bits per heavy atom. The molecule has 0 saturated heterocycles. The van der Waals surface area contributed by atoms with Gasteiger partial charge in [0, 0.05) is 0 Å². The van der Waals surface area contributed by atoms with Crippen molar-refractivity contribution in [3.63, 3.8) is 0 Å². The Kier molecular flexibility index (Phi) is 7.60. The second-order valence-corrected chi connectivity index (χ2v) is 5.61. The molecule has 0 aliphatic heterocycles. The zero-order valence-corrected chi connectivity index (χ0v) is 14.6. The molecule has 9 heteroatoms. The van der Waals surface area contributed by atoms with Crippen LogP contribution in [0.2, 0.25) is 0 Å². The van der Waals surface area contributed by atoms with Crippen LogP contribution in [0, 0.1) is 5.92 Å². The number of benzene rings is 1. The molecule has 1 aromatic carbocycles. The third kappa shape index (κ3) is 6.05. The van der Waals surface area contributed by atoms with Crippen LogP contribution in [0.4, 0.5) is 13.2 Å². The van der Waals surface area contributed by atoms with Crippen LogP contribution < -0.4 is 5.32 Å². The Hall–Kier alpha value is -2.58. The topological polar surface area (TPSA) is 81.7 Å². The summed E-state index contributed by atoms with van der Waals surface area (Å²) in [5, 5.41) is 2.39. The fourth-order valence-electron chi connectivity index (χ4n) is 2.05. The normalized spacial score (nSPS) is 13.5. The van der Waals surface area contributed by atoms with Gasteiger partial charge in [-0.05, 0) is 24.1 Å². The van der Waals surface area contributed by atoms with Crippen LogP contribution in [0.3, 0.4) is 0 Å². The van der Waals surface area contributed by atoms with Crippen LogP contribution in [0.15, 0.2) is 24.3 Å². The highest BCUT2D eigenvalue weighted by molar-refractivity contribution is 5.92. The van der Waals surface area contributed by atoms with E-state index in [0.29, 0.717) is 12.5 Å². The smallest absolute Gasteiger partial charge is 0.416 e. The summed E-state index contributed by atoms with van der Waals surface area (Å²) < 4.78 is 47.3. The Balaban J connectivity index is 2.69. The standard InChI is InChI=1S/C17H20F3NO5/c1-4-10(2)14(16(24)25-3)21-13(22)9-26-15(23)11-6-5-7-12(8-11)17(18,19)20/h5-8,10,14H,4,9H2,1-3H3,(H,21,22)/t10-,14+/m1/s1. The third-order valence-electron chi connectivity index (χ3n) is 3.74. The fraction of sp³-hybridized carbons (Fsp3) is 0.471. The van der Waals surface area contributed by atoms with Crippen LogP contribution in [-0.4, -0.2) is 37.6 Å². The largest absolute Gasteiger partial charge is 0.467 e. The number of halogens is 3. The molecule has 0 aliphatic carbocycles. The monoisotopic (exact) mass is 375 g/mol. The van der Waals surface area contributed by atoms with Crippen molar-refractivity contribution in [2.75, 3.05) is 13.7 Å². The van der Waals surface area contributed by atoms with Gasteiger partial charge in [0.1, 0.15) is 6.04 Å². The Morgan fingerprint density at radius 1 is 1.23 bits per heavy atom. The molecule has 0 aliphatic rings. The van der Waals surface area contributed by atoms with Crippen molar-refractivity contribution in [1.29, 1.82) is 0 Å². The summed E-state index contributed by atoms with van der Waals surface area (Å²) in [6.45, 7) is 2.82. The van der Waals surface area contributed by atoms with E-state index < -0.39 is 42.2 Å². The first-order valence-corrected chi connectivity index (χ1v) is 7.81. The second-order valence-electron chi connectivity index (χ2n) is 5.61. The first kappa shape index (κ1) is 21.5. The van der Waals surface area contributed by atoms with E-state index in [1.54, 1.807) is 6.92 Å². The number of nitrogens with one attached hydrogen (secondary N) is 1. The SMILES string of the molecule is CC[C@@H](C)[C@H](NC(=O)COC(=O)c1cccc(C(F)(F)F)c1)C(=O)OC. The predicted molar refractivity (Wildman–Crippen MR) is 85.1 cm³/mol. The molecule has 0 bridgehead atoms. The van der Waals surface area contributed by atoms with Gasteiger partial charge in [0.05, 0.1) is 18.2 Å². The van der Waals surface area contributed by atoms with Crippen LogP contribution in [0.25, 0.3) is 0 Å². The Labute approximate surface area is 148 Å². The Bertz CT molecular complexity index is 660. The minimum absolute atomic E-state index is 0.217. The minimum Gasteiger partial charge on any atom is -0.467 e. The molecule has 0 unspecified atom stereocenters. The highest BCUT2D eigenvalue weighted by Crippen LogP contribution is 2.29. The van der Waals surface area contributed by atoms with Crippen molar-refractivity contribution < 1.29 is 37.0 Å². The summed E-state index contributed by atoms with van der Waals surface area (Å²) in [6, 6.07) is 2.75. The Morgan fingerprint density at radius 2 is 1.88 bits per heavy atom. The lowest BCUT2D eigenvalue weighted by Gasteiger charge is -2.21. The zero-order chi connectivity index (χ0) is 19.9. The highest BCUT2D eigenvalue weighted by Gasteiger charge is 2.31. The summed E-state index contributed by atoms with van der Waals surface area (Å²) in [5.74, 6) is -2.70. The van der Waals surface area contributed by atoms with Gasteiger partial charge in [0.25, 0.3) is 5.91 Å². The van der Waals surface area contributed by atoms with E-state index in [1.807, 2.05) is 6.92 Å². The number of amides is 1. The number of hydrogen-bond acceptors (Lipinski definition) is 5. The molecule has 0 heterocycles. The maximum Gasteiger partial charge on any atom is 0.416 e. The number of rotatable bonds is 7. The number of ether oxygens (including phenoxy) is 2. The summed E-state index contributed by atoms with van der Waals surface area (Å²) in [5.41, 5.74) is -1.34. The number of alkyl halides is 3. The number of methoxy groups -OCH3 is 1.